The molecule has 2 N–H and O–H groups in total. The van der Waals surface area contributed by atoms with Gasteiger partial charge in [0.05, 0.1) is 14.2 Å². The first-order chi connectivity index (χ1) is 13.0. The highest BCUT2D eigenvalue weighted by atomic mass is 16.5. The lowest BCUT2D eigenvalue weighted by molar-refractivity contribution is -0.127. The Morgan fingerprint density at radius 3 is 2.44 bits per heavy atom. The van der Waals surface area contributed by atoms with E-state index >= 15 is 0 Å². The Morgan fingerprint density at radius 2 is 1.81 bits per heavy atom. The second-order valence-corrected chi connectivity index (χ2v) is 5.90. The molecule has 6 nitrogen and oxygen atoms in total. The zero-order valence-corrected chi connectivity index (χ0v) is 15.6. The van der Waals surface area contributed by atoms with Crippen LogP contribution in [0.1, 0.15) is 17.5 Å². The van der Waals surface area contributed by atoms with Crippen molar-refractivity contribution in [2.75, 3.05) is 20.8 Å². The Balaban J connectivity index is 2.16. The molecule has 2 aromatic carbocycles. The van der Waals surface area contributed by atoms with E-state index in [1.165, 1.54) is 6.08 Å². The molecule has 0 aromatic heterocycles. The lowest BCUT2D eigenvalue weighted by Gasteiger charge is -2.21. The average Bonchev–Trinajstić information content (AvgIpc) is 2.69. The van der Waals surface area contributed by atoms with Crippen LogP contribution in [0.25, 0.3) is 6.08 Å². The van der Waals surface area contributed by atoms with Crippen LogP contribution in [0, 0.1) is 0 Å². The minimum atomic E-state index is -0.443. The molecule has 0 aliphatic rings. The standard InChI is InChI=1S/C21H24N2O4/c1-26-18-10-8-17(19(14-18)27-2)9-11-21(25)23(13-12-20(22)24)15-16-6-4-3-5-7-16/h3-11,14H,12-13,15H2,1-2H3,(H2,22,24)/b11-9+. The highest BCUT2D eigenvalue weighted by Crippen LogP contribution is 2.25. The zero-order valence-electron chi connectivity index (χ0n) is 15.6. The maximum Gasteiger partial charge on any atom is 0.246 e. The van der Waals surface area contributed by atoms with Crippen LogP contribution in [0.15, 0.2) is 54.6 Å². The number of ether oxygens (including phenoxy) is 2. The predicted octanol–water partition coefficient (Wildman–Crippen LogP) is 2.62. The Kier molecular flexibility index (Phi) is 7.43. The molecule has 0 unspecified atom stereocenters. The van der Waals surface area contributed by atoms with Crippen molar-refractivity contribution < 1.29 is 19.1 Å². The van der Waals surface area contributed by atoms with Crippen LogP contribution in [-0.4, -0.2) is 37.5 Å². The summed E-state index contributed by atoms with van der Waals surface area (Å²) in [6.07, 6.45) is 3.26. The van der Waals surface area contributed by atoms with E-state index in [-0.39, 0.29) is 18.9 Å². The van der Waals surface area contributed by atoms with Gasteiger partial charge in [-0.25, -0.2) is 0 Å². The summed E-state index contributed by atoms with van der Waals surface area (Å²) in [7, 11) is 3.14. The van der Waals surface area contributed by atoms with Gasteiger partial charge in [0.1, 0.15) is 11.5 Å². The molecule has 0 aliphatic heterocycles. The van der Waals surface area contributed by atoms with Crippen LogP contribution in [0.5, 0.6) is 11.5 Å². The highest BCUT2D eigenvalue weighted by Gasteiger charge is 2.13. The van der Waals surface area contributed by atoms with E-state index in [0.29, 0.717) is 18.0 Å². The van der Waals surface area contributed by atoms with Crippen LogP contribution >= 0.6 is 0 Å². The van der Waals surface area contributed by atoms with E-state index in [2.05, 4.69) is 0 Å². The summed E-state index contributed by atoms with van der Waals surface area (Å²) in [5.74, 6) is 0.618. The second-order valence-electron chi connectivity index (χ2n) is 5.90. The summed E-state index contributed by atoms with van der Waals surface area (Å²) in [6, 6.07) is 14.9. The molecule has 0 aliphatic carbocycles. The quantitative estimate of drug-likeness (QED) is 0.690. The van der Waals surface area contributed by atoms with Gasteiger partial charge in [0, 0.05) is 37.2 Å². The van der Waals surface area contributed by atoms with Crippen molar-refractivity contribution >= 4 is 17.9 Å². The minimum Gasteiger partial charge on any atom is -0.497 e. The number of nitrogens with two attached hydrogens (primary N) is 1. The molecular weight excluding hydrogens is 344 g/mol. The van der Waals surface area contributed by atoms with Crippen molar-refractivity contribution in [3.8, 4) is 11.5 Å². The Bertz CT molecular complexity index is 803. The van der Waals surface area contributed by atoms with Gasteiger partial charge >= 0.3 is 0 Å². The predicted molar refractivity (Wildman–Crippen MR) is 104 cm³/mol. The van der Waals surface area contributed by atoms with Crippen molar-refractivity contribution in [1.29, 1.82) is 0 Å². The minimum absolute atomic E-state index is 0.109. The van der Waals surface area contributed by atoms with Gasteiger partial charge in [-0.15, -0.1) is 0 Å². The molecule has 0 fully saturated rings. The lowest BCUT2D eigenvalue weighted by Crippen LogP contribution is -2.32. The largest absolute Gasteiger partial charge is 0.497 e. The first-order valence-electron chi connectivity index (χ1n) is 8.54. The first kappa shape index (κ1) is 20.0. The summed E-state index contributed by atoms with van der Waals surface area (Å²) in [5, 5.41) is 0. The maximum absolute atomic E-state index is 12.7. The summed E-state index contributed by atoms with van der Waals surface area (Å²) in [5.41, 5.74) is 6.97. The number of amides is 2. The van der Waals surface area contributed by atoms with Crippen molar-refractivity contribution in [2.45, 2.75) is 13.0 Å². The second kappa shape index (κ2) is 10.0. The third-order valence-corrected chi connectivity index (χ3v) is 4.00. The van der Waals surface area contributed by atoms with Crippen molar-refractivity contribution in [2.24, 2.45) is 5.73 Å². The molecule has 0 saturated carbocycles. The summed E-state index contributed by atoms with van der Waals surface area (Å²) >= 11 is 0. The normalized spacial score (nSPS) is 10.6. The van der Waals surface area contributed by atoms with Crippen LogP contribution < -0.4 is 15.2 Å². The fraction of sp³-hybridized carbons (Fsp3) is 0.238. The van der Waals surface area contributed by atoms with Gasteiger partial charge in [0.2, 0.25) is 11.8 Å². The number of hydrogen-bond acceptors (Lipinski definition) is 4. The Morgan fingerprint density at radius 1 is 1.07 bits per heavy atom. The van der Waals surface area contributed by atoms with Gasteiger partial charge in [-0.1, -0.05) is 30.3 Å². The van der Waals surface area contributed by atoms with Crippen LogP contribution in [0.2, 0.25) is 0 Å². The number of hydrogen-bond donors (Lipinski definition) is 1. The Hall–Kier alpha value is -3.28. The fourth-order valence-electron chi connectivity index (χ4n) is 2.54. The number of benzene rings is 2. The van der Waals surface area contributed by atoms with E-state index in [1.807, 2.05) is 36.4 Å². The highest BCUT2D eigenvalue weighted by molar-refractivity contribution is 5.92. The number of rotatable bonds is 9. The molecule has 0 saturated heterocycles. The summed E-state index contributed by atoms with van der Waals surface area (Å²) in [4.78, 5) is 25.4. The van der Waals surface area contributed by atoms with Crippen LogP contribution in [0.4, 0.5) is 0 Å². The lowest BCUT2D eigenvalue weighted by atomic mass is 10.1. The van der Waals surface area contributed by atoms with E-state index in [1.54, 1.807) is 37.3 Å². The number of primary amides is 1. The van der Waals surface area contributed by atoms with Crippen molar-refractivity contribution in [3.63, 3.8) is 0 Å². The molecule has 0 radical (unpaired) electrons. The van der Waals surface area contributed by atoms with E-state index in [9.17, 15) is 9.59 Å². The Labute approximate surface area is 159 Å². The average molecular weight is 368 g/mol. The molecule has 6 heteroatoms. The van der Waals surface area contributed by atoms with Gasteiger partial charge in [0.25, 0.3) is 0 Å². The molecule has 27 heavy (non-hydrogen) atoms. The topological polar surface area (TPSA) is 81.9 Å². The smallest absolute Gasteiger partial charge is 0.246 e. The van der Waals surface area contributed by atoms with Crippen LogP contribution in [-0.2, 0) is 16.1 Å². The van der Waals surface area contributed by atoms with Crippen LogP contribution in [0.3, 0.4) is 0 Å². The maximum atomic E-state index is 12.7. The molecular formula is C21H24N2O4. The molecule has 2 rings (SSSR count). The molecule has 0 bridgehead atoms. The number of carbonyl (C=O) groups is 2. The van der Waals surface area contributed by atoms with Crippen molar-refractivity contribution in [3.05, 3.63) is 65.7 Å². The number of methoxy groups -OCH3 is 2. The third kappa shape index (κ3) is 6.18. The molecule has 0 atom stereocenters. The van der Waals surface area contributed by atoms with Crippen molar-refractivity contribution in [1.82, 2.24) is 4.90 Å². The van der Waals surface area contributed by atoms with Gasteiger partial charge in [-0.2, -0.15) is 0 Å². The molecule has 0 heterocycles. The summed E-state index contributed by atoms with van der Waals surface area (Å²) in [6.45, 7) is 0.657. The number of carbonyl (C=O) groups excluding carboxylic acids is 2. The molecule has 2 aromatic rings. The van der Waals surface area contributed by atoms with E-state index < -0.39 is 5.91 Å². The van der Waals surface area contributed by atoms with Gasteiger partial charge in [-0.3, -0.25) is 9.59 Å². The third-order valence-electron chi connectivity index (χ3n) is 4.00. The number of nitrogens with zero attached hydrogens (tertiary/aromatic N) is 1. The monoisotopic (exact) mass is 368 g/mol. The molecule has 142 valence electrons. The van der Waals surface area contributed by atoms with E-state index in [0.717, 1.165) is 11.1 Å². The summed E-state index contributed by atoms with van der Waals surface area (Å²) < 4.78 is 10.5. The zero-order chi connectivity index (χ0) is 19.6. The van der Waals surface area contributed by atoms with Gasteiger partial charge in [0.15, 0.2) is 0 Å². The van der Waals surface area contributed by atoms with E-state index in [4.69, 9.17) is 15.2 Å². The fourth-order valence-corrected chi connectivity index (χ4v) is 2.54. The SMILES string of the molecule is COc1ccc(/C=C/C(=O)N(CCC(N)=O)Cc2ccccc2)c(OC)c1. The molecule has 2 amide bonds. The van der Waals surface area contributed by atoms with Gasteiger partial charge < -0.3 is 20.1 Å². The first-order valence-corrected chi connectivity index (χ1v) is 8.54. The molecule has 0 spiro atoms. The van der Waals surface area contributed by atoms with Gasteiger partial charge in [-0.05, 0) is 23.8 Å².